The minimum Gasteiger partial charge on any atom is -0.273 e. The number of fused-ring (bicyclic) bond motifs is 1. The summed E-state index contributed by atoms with van der Waals surface area (Å²) in [6.45, 7) is 4.20. The van der Waals surface area contributed by atoms with Gasteiger partial charge in [-0.1, -0.05) is 65.9 Å². The second kappa shape index (κ2) is 7.21. The van der Waals surface area contributed by atoms with Crippen LogP contribution in [0.3, 0.4) is 0 Å². The van der Waals surface area contributed by atoms with Crippen molar-refractivity contribution >= 4 is 46.4 Å². The van der Waals surface area contributed by atoms with Gasteiger partial charge in [-0.05, 0) is 42.3 Å². The van der Waals surface area contributed by atoms with Gasteiger partial charge in [0.15, 0.2) is 5.17 Å². The maximum absolute atomic E-state index is 12.7. The highest BCUT2D eigenvalue weighted by Crippen LogP contribution is 2.52. The van der Waals surface area contributed by atoms with E-state index in [4.69, 9.17) is 5.10 Å². The average Bonchev–Trinajstić information content (AvgIpc) is 3.37. The van der Waals surface area contributed by atoms with Crippen molar-refractivity contribution in [2.45, 2.75) is 24.6 Å². The smallest absolute Gasteiger partial charge is 0.239 e. The van der Waals surface area contributed by atoms with Crippen molar-refractivity contribution in [1.82, 2.24) is 9.91 Å². The van der Waals surface area contributed by atoms with Crippen molar-refractivity contribution in [2.75, 3.05) is 5.75 Å². The molecule has 7 heteroatoms. The molecule has 1 fully saturated rings. The number of nitrogens with zero attached hydrogens (tertiary/aromatic N) is 3. The molecule has 2 aromatic carbocycles. The number of carbonyl (C=O) groups excluding carboxylic acids is 1. The number of benzene rings is 2. The molecule has 3 heterocycles. The van der Waals surface area contributed by atoms with Crippen LogP contribution in [0.2, 0.25) is 0 Å². The van der Waals surface area contributed by atoms with E-state index in [0.29, 0.717) is 5.75 Å². The molecule has 0 saturated carbocycles. The highest BCUT2D eigenvalue weighted by molar-refractivity contribution is 8.18. The van der Waals surface area contributed by atoms with Gasteiger partial charge in [0.2, 0.25) is 5.91 Å². The van der Waals surface area contributed by atoms with Gasteiger partial charge in [-0.3, -0.25) is 9.69 Å². The lowest BCUT2D eigenvalue weighted by molar-refractivity contribution is -0.124. The van der Waals surface area contributed by atoms with Crippen LogP contribution in [0.15, 0.2) is 64.1 Å². The molecule has 142 valence electrons. The lowest BCUT2D eigenvalue weighted by atomic mass is 10.1. The number of amides is 1. The van der Waals surface area contributed by atoms with Crippen LogP contribution in [-0.2, 0) is 4.79 Å². The average molecular weight is 426 g/mol. The molecule has 3 aliphatic rings. The van der Waals surface area contributed by atoms with Crippen molar-refractivity contribution in [2.24, 2.45) is 5.10 Å². The van der Waals surface area contributed by atoms with Gasteiger partial charge in [-0.15, -0.1) is 16.9 Å². The standard InChI is InChI=1S/C21H19N3OS3/c1-13-7-9-15(10-8-13)19-24-18(12-27-19)28-21(22-24)23-17(25)11-26-20(23)16-6-4-3-5-14(16)2/h3-10,12,19-20H,11H2,1-2H3. The molecule has 0 aliphatic carbocycles. The lowest BCUT2D eigenvalue weighted by Gasteiger charge is -2.24. The fourth-order valence-electron chi connectivity index (χ4n) is 3.50. The zero-order chi connectivity index (χ0) is 19.3. The molecule has 1 saturated heterocycles. The summed E-state index contributed by atoms with van der Waals surface area (Å²) in [5.41, 5.74) is 4.87. The summed E-state index contributed by atoms with van der Waals surface area (Å²) in [6, 6.07) is 16.9. The zero-order valence-corrected chi connectivity index (χ0v) is 18.0. The molecule has 0 spiro atoms. The molecule has 0 bridgehead atoms. The third-order valence-electron chi connectivity index (χ3n) is 5.03. The van der Waals surface area contributed by atoms with Crippen molar-refractivity contribution in [3.05, 3.63) is 81.2 Å². The minimum atomic E-state index is -0.00828. The monoisotopic (exact) mass is 425 g/mol. The van der Waals surface area contributed by atoms with E-state index >= 15 is 0 Å². The Hall–Kier alpha value is -1.83. The predicted molar refractivity (Wildman–Crippen MR) is 120 cm³/mol. The number of hydrazone groups is 1. The summed E-state index contributed by atoms with van der Waals surface area (Å²) in [4.78, 5) is 14.6. The van der Waals surface area contributed by atoms with Crippen LogP contribution < -0.4 is 0 Å². The highest BCUT2D eigenvalue weighted by atomic mass is 32.2. The summed E-state index contributed by atoms with van der Waals surface area (Å²) in [6.07, 6.45) is 0. The first kappa shape index (κ1) is 18.2. The van der Waals surface area contributed by atoms with Gasteiger partial charge in [-0.2, -0.15) is 0 Å². The van der Waals surface area contributed by atoms with Gasteiger partial charge < -0.3 is 0 Å². The summed E-state index contributed by atoms with van der Waals surface area (Å²) < 4.78 is 0. The van der Waals surface area contributed by atoms with E-state index in [1.54, 1.807) is 35.3 Å². The first-order valence-electron chi connectivity index (χ1n) is 9.09. The van der Waals surface area contributed by atoms with Crippen LogP contribution in [0.1, 0.15) is 33.0 Å². The van der Waals surface area contributed by atoms with Crippen LogP contribution in [-0.4, -0.2) is 26.7 Å². The maximum atomic E-state index is 12.7. The largest absolute Gasteiger partial charge is 0.273 e. The van der Waals surface area contributed by atoms with Crippen molar-refractivity contribution < 1.29 is 4.79 Å². The molecule has 2 unspecified atom stereocenters. The Morgan fingerprint density at radius 1 is 1.04 bits per heavy atom. The molecule has 2 aromatic rings. The van der Waals surface area contributed by atoms with E-state index in [-0.39, 0.29) is 16.7 Å². The number of hydrogen-bond donors (Lipinski definition) is 0. The Morgan fingerprint density at radius 3 is 2.61 bits per heavy atom. The Bertz CT molecular complexity index is 1000. The third-order valence-corrected chi connectivity index (χ3v) is 8.43. The van der Waals surface area contributed by atoms with Gasteiger partial charge >= 0.3 is 0 Å². The molecule has 0 N–H and O–H groups in total. The molecule has 1 amide bonds. The molecule has 3 aliphatic heterocycles. The third kappa shape index (κ3) is 3.06. The number of hydrogen-bond acceptors (Lipinski definition) is 6. The Balaban J connectivity index is 1.45. The van der Waals surface area contributed by atoms with E-state index in [1.165, 1.54) is 22.3 Å². The van der Waals surface area contributed by atoms with Gasteiger partial charge in [0.1, 0.15) is 15.8 Å². The molecule has 0 radical (unpaired) electrons. The van der Waals surface area contributed by atoms with Crippen LogP contribution >= 0.6 is 35.3 Å². The van der Waals surface area contributed by atoms with E-state index in [0.717, 1.165) is 10.2 Å². The summed E-state index contributed by atoms with van der Waals surface area (Å²) in [5.74, 6) is 0.624. The van der Waals surface area contributed by atoms with E-state index in [1.807, 2.05) is 17.0 Å². The number of aryl methyl sites for hydroxylation is 2. The first-order valence-corrected chi connectivity index (χ1v) is 11.9. The fraction of sp³-hybridized carbons (Fsp3) is 0.238. The van der Waals surface area contributed by atoms with Crippen molar-refractivity contribution in [3.63, 3.8) is 0 Å². The summed E-state index contributed by atoms with van der Waals surface area (Å²) in [7, 11) is 0. The quantitative estimate of drug-likeness (QED) is 0.640. The van der Waals surface area contributed by atoms with Crippen LogP contribution in [0.5, 0.6) is 0 Å². The topological polar surface area (TPSA) is 35.9 Å². The normalized spacial score (nSPS) is 23.9. The Labute approximate surface area is 177 Å². The minimum absolute atomic E-state index is 0.00828. The fourth-order valence-corrected chi connectivity index (χ4v) is 7.05. The number of rotatable bonds is 2. The van der Waals surface area contributed by atoms with Gasteiger partial charge in [0, 0.05) is 5.41 Å². The van der Waals surface area contributed by atoms with Gasteiger partial charge in [0.25, 0.3) is 0 Å². The second-order valence-corrected chi connectivity index (χ2v) is 9.98. The summed E-state index contributed by atoms with van der Waals surface area (Å²) >= 11 is 5.04. The zero-order valence-electron chi connectivity index (χ0n) is 15.5. The second-order valence-electron chi connectivity index (χ2n) is 6.97. The number of amidine groups is 1. The van der Waals surface area contributed by atoms with Crippen molar-refractivity contribution in [1.29, 1.82) is 0 Å². The predicted octanol–water partition coefficient (Wildman–Crippen LogP) is 5.44. The Kier molecular flexibility index (Phi) is 4.69. The molecular weight excluding hydrogens is 406 g/mol. The Morgan fingerprint density at radius 2 is 1.82 bits per heavy atom. The molecular formula is C21H19N3OS3. The first-order chi connectivity index (χ1) is 13.6. The number of thioether (sulfide) groups is 3. The van der Waals surface area contributed by atoms with E-state index in [2.05, 4.69) is 60.7 Å². The van der Waals surface area contributed by atoms with Crippen molar-refractivity contribution in [3.8, 4) is 0 Å². The van der Waals surface area contributed by atoms with Gasteiger partial charge in [-0.25, -0.2) is 5.01 Å². The van der Waals surface area contributed by atoms with E-state index in [9.17, 15) is 4.79 Å². The molecule has 5 rings (SSSR count). The summed E-state index contributed by atoms with van der Waals surface area (Å²) in [5, 5.41) is 11.1. The van der Waals surface area contributed by atoms with Crippen LogP contribution in [0.4, 0.5) is 0 Å². The SMILES string of the molecule is Cc1ccc(C2SC=C3SC(N4C(=O)CSC4c4ccccc4C)=NN32)cc1. The lowest BCUT2D eigenvalue weighted by Crippen LogP contribution is -2.32. The molecule has 4 nitrogen and oxygen atoms in total. The maximum Gasteiger partial charge on any atom is 0.239 e. The molecule has 28 heavy (non-hydrogen) atoms. The molecule has 2 atom stereocenters. The number of carbonyl (C=O) groups is 1. The highest BCUT2D eigenvalue weighted by Gasteiger charge is 2.43. The van der Waals surface area contributed by atoms with E-state index < -0.39 is 0 Å². The van der Waals surface area contributed by atoms with Crippen LogP contribution in [0.25, 0.3) is 0 Å². The van der Waals surface area contributed by atoms with Crippen LogP contribution in [0, 0.1) is 13.8 Å². The molecule has 0 aromatic heterocycles. The van der Waals surface area contributed by atoms with Gasteiger partial charge in [0.05, 0.1) is 5.75 Å².